The average molecular weight is 278 g/mol. The van der Waals surface area contributed by atoms with Gasteiger partial charge in [-0.2, -0.15) is 5.26 Å². The van der Waals surface area contributed by atoms with Gasteiger partial charge in [0.25, 0.3) is 0 Å². The van der Waals surface area contributed by atoms with E-state index in [9.17, 15) is 5.26 Å². The molecule has 21 heavy (non-hydrogen) atoms. The first-order valence-corrected chi connectivity index (χ1v) is 7.37. The molecule has 4 heteroatoms. The highest BCUT2D eigenvalue weighted by molar-refractivity contribution is 5.77. The van der Waals surface area contributed by atoms with Gasteiger partial charge in [0.1, 0.15) is 17.5 Å². The van der Waals surface area contributed by atoms with Gasteiger partial charge in [-0.05, 0) is 42.9 Å². The van der Waals surface area contributed by atoms with E-state index in [1.54, 1.807) is 6.20 Å². The second-order valence-electron chi connectivity index (χ2n) is 5.52. The van der Waals surface area contributed by atoms with E-state index < -0.39 is 0 Å². The maximum atomic E-state index is 9.49. The van der Waals surface area contributed by atoms with Gasteiger partial charge in [-0.15, -0.1) is 0 Å². The predicted molar refractivity (Wildman–Crippen MR) is 82.4 cm³/mol. The van der Waals surface area contributed by atoms with Crippen molar-refractivity contribution in [2.24, 2.45) is 5.92 Å². The van der Waals surface area contributed by atoms with E-state index in [1.807, 2.05) is 18.2 Å². The second-order valence-corrected chi connectivity index (χ2v) is 5.52. The van der Waals surface area contributed by atoms with Gasteiger partial charge in [-0.25, -0.2) is 4.98 Å². The maximum Gasteiger partial charge on any atom is 0.142 e. The molecule has 2 heterocycles. The number of hydrogen-bond donors (Lipinski definition) is 1. The largest absolute Gasteiger partial charge is 0.383 e. The molecule has 2 aromatic rings. The minimum atomic E-state index is 0.326. The van der Waals surface area contributed by atoms with Gasteiger partial charge in [0.05, 0.1) is 5.69 Å². The minimum absolute atomic E-state index is 0.326. The van der Waals surface area contributed by atoms with Crippen LogP contribution in [0.1, 0.15) is 36.6 Å². The van der Waals surface area contributed by atoms with Crippen molar-refractivity contribution in [1.29, 1.82) is 5.26 Å². The highest BCUT2D eigenvalue weighted by Gasteiger charge is 2.26. The normalized spacial score (nSPS) is 17.0. The number of nitrogens with zero attached hydrogens (tertiary/aromatic N) is 3. The van der Waals surface area contributed by atoms with E-state index in [-0.39, 0.29) is 0 Å². The third-order valence-corrected chi connectivity index (χ3v) is 4.30. The fourth-order valence-corrected chi connectivity index (χ4v) is 3.11. The van der Waals surface area contributed by atoms with Crippen LogP contribution in [0, 0.1) is 17.2 Å². The summed E-state index contributed by atoms with van der Waals surface area (Å²) in [4.78, 5) is 8.89. The van der Waals surface area contributed by atoms with Gasteiger partial charge in [-0.1, -0.05) is 19.4 Å². The molecule has 1 aliphatic rings. The lowest BCUT2D eigenvalue weighted by Crippen LogP contribution is -2.18. The van der Waals surface area contributed by atoms with Crippen molar-refractivity contribution in [2.75, 3.05) is 5.73 Å². The van der Waals surface area contributed by atoms with E-state index in [0.717, 1.165) is 48.2 Å². The van der Waals surface area contributed by atoms with Crippen LogP contribution in [0.5, 0.6) is 0 Å². The molecule has 0 radical (unpaired) electrons. The number of pyridine rings is 2. The van der Waals surface area contributed by atoms with Crippen molar-refractivity contribution >= 4 is 5.82 Å². The van der Waals surface area contributed by atoms with Crippen molar-refractivity contribution in [3.63, 3.8) is 0 Å². The molecular formula is C17H18N4. The molecule has 1 unspecified atom stereocenters. The summed E-state index contributed by atoms with van der Waals surface area (Å²) in [5.74, 6) is 0.976. The fraction of sp³-hybridized carbons (Fsp3) is 0.353. The molecule has 0 amide bonds. The predicted octanol–water partition coefficient (Wildman–Crippen LogP) is 3.11. The van der Waals surface area contributed by atoms with Crippen LogP contribution in [0.25, 0.3) is 11.3 Å². The van der Waals surface area contributed by atoms with Crippen LogP contribution in [0.4, 0.5) is 5.82 Å². The molecule has 4 nitrogen and oxygen atoms in total. The summed E-state index contributed by atoms with van der Waals surface area (Å²) in [5.41, 5.74) is 10.4. The first-order chi connectivity index (χ1) is 10.2. The van der Waals surface area contributed by atoms with E-state index >= 15 is 0 Å². The molecule has 2 aromatic heterocycles. The summed E-state index contributed by atoms with van der Waals surface area (Å²) in [6, 6.07) is 7.97. The Kier molecular flexibility index (Phi) is 3.57. The van der Waals surface area contributed by atoms with E-state index in [1.165, 1.54) is 0 Å². The zero-order valence-corrected chi connectivity index (χ0v) is 12.1. The van der Waals surface area contributed by atoms with Gasteiger partial charge in [0.2, 0.25) is 0 Å². The molecule has 106 valence electrons. The Morgan fingerprint density at radius 1 is 1.43 bits per heavy atom. The Morgan fingerprint density at radius 2 is 2.29 bits per heavy atom. The zero-order valence-electron chi connectivity index (χ0n) is 12.1. The lowest BCUT2D eigenvalue weighted by Gasteiger charge is -2.26. The van der Waals surface area contributed by atoms with Gasteiger partial charge in [0.15, 0.2) is 0 Å². The molecule has 0 aliphatic heterocycles. The summed E-state index contributed by atoms with van der Waals surface area (Å²) in [7, 11) is 0. The van der Waals surface area contributed by atoms with Crippen LogP contribution >= 0.6 is 0 Å². The summed E-state index contributed by atoms with van der Waals surface area (Å²) in [6.45, 7) is 2.21. The summed E-state index contributed by atoms with van der Waals surface area (Å²) in [6.07, 6.45) is 5.93. The standard InChI is InChI=1S/C17H18N4/c1-2-11-6-7-14-12(9-11)16(13(10-18)17(19)21-14)15-5-3-4-8-20-15/h3-5,8,11H,2,6-7,9H2,1H3,(H2,19,21). The van der Waals surface area contributed by atoms with E-state index in [4.69, 9.17) is 5.73 Å². The molecular weight excluding hydrogens is 260 g/mol. The highest BCUT2D eigenvalue weighted by atomic mass is 14.9. The molecule has 1 atom stereocenters. The van der Waals surface area contributed by atoms with Crippen molar-refractivity contribution < 1.29 is 0 Å². The molecule has 0 spiro atoms. The number of anilines is 1. The topological polar surface area (TPSA) is 75.6 Å². The number of nitriles is 1. The number of hydrogen-bond acceptors (Lipinski definition) is 4. The Hall–Kier alpha value is -2.41. The third kappa shape index (κ3) is 2.36. The number of fused-ring (bicyclic) bond motifs is 1. The monoisotopic (exact) mass is 278 g/mol. The van der Waals surface area contributed by atoms with Gasteiger partial charge in [0, 0.05) is 17.5 Å². The van der Waals surface area contributed by atoms with Crippen LogP contribution in [0.3, 0.4) is 0 Å². The molecule has 0 saturated carbocycles. The van der Waals surface area contributed by atoms with Crippen molar-refractivity contribution in [3.05, 3.63) is 41.2 Å². The first kappa shape index (κ1) is 13.6. The van der Waals surface area contributed by atoms with Crippen LogP contribution in [-0.2, 0) is 12.8 Å². The smallest absolute Gasteiger partial charge is 0.142 e. The lowest BCUT2D eigenvalue weighted by atomic mass is 9.81. The maximum absolute atomic E-state index is 9.49. The van der Waals surface area contributed by atoms with Crippen molar-refractivity contribution in [2.45, 2.75) is 32.6 Å². The molecule has 0 saturated heterocycles. The second kappa shape index (κ2) is 5.53. The Balaban J connectivity index is 2.25. The van der Waals surface area contributed by atoms with Crippen molar-refractivity contribution in [3.8, 4) is 17.3 Å². The van der Waals surface area contributed by atoms with Crippen molar-refractivity contribution in [1.82, 2.24) is 9.97 Å². The van der Waals surface area contributed by atoms with Crippen LogP contribution in [0.15, 0.2) is 24.4 Å². The number of rotatable bonds is 2. The molecule has 0 bridgehead atoms. The summed E-state index contributed by atoms with van der Waals surface area (Å²) in [5, 5.41) is 9.49. The molecule has 0 fully saturated rings. The number of aromatic nitrogens is 2. The zero-order chi connectivity index (χ0) is 14.8. The number of nitrogen functional groups attached to an aromatic ring is 1. The quantitative estimate of drug-likeness (QED) is 0.915. The highest BCUT2D eigenvalue weighted by Crippen LogP contribution is 2.37. The summed E-state index contributed by atoms with van der Waals surface area (Å²) < 4.78 is 0. The molecule has 2 N–H and O–H groups in total. The van der Waals surface area contributed by atoms with Crippen LogP contribution in [-0.4, -0.2) is 9.97 Å². The third-order valence-electron chi connectivity index (χ3n) is 4.30. The van der Waals surface area contributed by atoms with Gasteiger partial charge < -0.3 is 5.73 Å². The fourth-order valence-electron chi connectivity index (χ4n) is 3.11. The van der Waals surface area contributed by atoms with E-state index in [2.05, 4.69) is 23.0 Å². The number of aryl methyl sites for hydroxylation is 1. The first-order valence-electron chi connectivity index (χ1n) is 7.37. The minimum Gasteiger partial charge on any atom is -0.383 e. The Bertz CT molecular complexity index is 701. The number of nitrogens with two attached hydrogens (primary N) is 1. The Labute approximate surface area is 124 Å². The average Bonchev–Trinajstić information content (AvgIpc) is 2.54. The Morgan fingerprint density at radius 3 is 2.95 bits per heavy atom. The van der Waals surface area contributed by atoms with Gasteiger partial charge >= 0.3 is 0 Å². The molecule has 0 aromatic carbocycles. The molecule has 1 aliphatic carbocycles. The SMILES string of the molecule is CCC1CCc2nc(N)c(C#N)c(-c3ccccn3)c2C1. The van der Waals surface area contributed by atoms with Gasteiger partial charge in [-0.3, -0.25) is 4.98 Å². The lowest BCUT2D eigenvalue weighted by molar-refractivity contribution is 0.440. The van der Waals surface area contributed by atoms with E-state index in [0.29, 0.717) is 17.3 Å². The molecule has 3 rings (SSSR count). The van der Waals surface area contributed by atoms with Crippen LogP contribution < -0.4 is 5.73 Å². The summed E-state index contributed by atoms with van der Waals surface area (Å²) >= 11 is 0. The van der Waals surface area contributed by atoms with Crippen LogP contribution in [0.2, 0.25) is 0 Å².